The fraction of sp³-hybridized carbons (Fsp3) is 0.727. The maximum atomic E-state index is 12.7. The number of aryl methyl sites for hydroxylation is 2. The Balaban J connectivity index is 1.18. The van der Waals surface area contributed by atoms with Crippen molar-refractivity contribution in [3.05, 3.63) is 26.6 Å². The molecule has 2 aromatic rings. The van der Waals surface area contributed by atoms with Crippen LogP contribution in [0.1, 0.15) is 49.4 Å². The van der Waals surface area contributed by atoms with E-state index in [0.29, 0.717) is 12.2 Å². The van der Waals surface area contributed by atoms with E-state index in [0.717, 1.165) is 67.5 Å². The van der Waals surface area contributed by atoms with Gasteiger partial charge in [-0.2, -0.15) is 0 Å². The molecule has 2 fully saturated rings. The lowest BCUT2D eigenvalue weighted by atomic mass is 9.95. The highest BCUT2D eigenvalue weighted by molar-refractivity contribution is 7.18. The second kappa shape index (κ2) is 8.10. The molecule has 0 bridgehead atoms. The third kappa shape index (κ3) is 4.15. The number of rotatable bonds is 4. The van der Waals surface area contributed by atoms with Gasteiger partial charge in [-0.05, 0) is 70.5 Å². The van der Waals surface area contributed by atoms with E-state index in [1.807, 2.05) is 0 Å². The summed E-state index contributed by atoms with van der Waals surface area (Å²) in [5.74, 6) is 1.59. The molecule has 0 spiro atoms. The summed E-state index contributed by atoms with van der Waals surface area (Å²) in [6.45, 7) is 10.6. The fourth-order valence-corrected chi connectivity index (χ4v) is 6.74. The van der Waals surface area contributed by atoms with Gasteiger partial charge in [0.2, 0.25) is 0 Å². The Morgan fingerprint density at radius 3 is 2.66 bits per heavy atom. The lowest BCUT2D eigenvalue weighted by molar-refractivity contribution is -0.0732. The van der Waals surface area contributed by atoms with Gasteiger partial charge in [-0.3, -0.25) is 14.6 Å². The molecule has 6 nitrogen and oxygen atoms in total. The van der Waals surface area contributed by atoms with E-state index in [1.165, 1.54) is 36.2 Å². The van der Waals surface area contributed by atoms with Gasteiger partial charge in [-0.25, -0.2) is 4.98 Å². The number of thiophene rings is 1. The van der Waals surface area contributed by atoms with Crippen molar-refractivity contribution in [3.63, 3.8) is 0 Å². The van der Waals surface area contributed by atoms with Gasteiger partial charge in [0, 0.05) is 24.5 Å². The lowest BCUT2D eigenvalue weighted by Gasteiger charge is -2.39. The van der Waals surface area contributed by atoms with Crippen LogP contribution in [0, 0.1) is 5.92 Å². The minimum atomic E-state index is 0.0647. The molecule has 2 saturated heterocycles. The number of ether oxygens (including phenoxy) is 1. The first-order valence-electron chi connectivity index (χ1n) is 11.2. The number of hydrogen-bond donors (Lipinski definition) is 1. The monoisotopic (exact) mass is 416 g/mol. The van der Waals surface area contributed by atoms with Crippen molar-refractivity contribution in [3.8, 4) is 0 Å². The molecular weight excluding hydrogens is 384 g/mol. The zero-order valence-electron chi connectivity index (χ0n) is 17.6. The molecule has 3 aliphatic rings. The summed E-state index contributed by atoms with van der Waals surface area (Å²) in [4.78, 5) is 27.9. The van der Waals surface area contributed by atoms with Crippen molar-refractivity contribution in [1.82, 2.24) is 19.8 Å². The Bertz CT molecular complexity index is 921. The fourth-order valence-electron chi connectivity index (χ4n) is 5.46. The Morgan fingerprint density at radius 1 is 1.14 bits per heavy atom. The predicted octanol–water partition coefficient (Wildman–Crippen LogP) is 2.79. The molecule has 1 N–H and O–H groups in total. The molecule has 0 amide bonds. The third-order valence-corrected chi connectivity index (χ3v) is 7.90. The highest BCUT2D eigenvalue weighted by Gasteiger charge is 2.27. The van der Waals surface area contributed by atoms with E-state index in [4.69, 9.17) is 9.72 Å². The zero-order chi connectivity index (χ0) is 20.0. The van der Waals surface area contributed by atoms with Crippen LogP contribution >= 0.6 is 11.3 Å². The van der Waals surface area contributed by atoms with Crippen LogP contribution in [0.2, 0.25) is 0 Å². The molecule has 0 radical (unpaired) electrons. The molecule has 2 aromatic heterocycles. The summed E-state index contributed by atoms with van der Waals surface area (Å²) < 4.78 is 5.86. The van der Waals surface area contributed by atoms with Gasteiger partial charge in [0.1, 0.15) is 10.7 Å². The second-order valence-electron chi connectivity index (χ2n) is 9.25. The molecule has 0 aromatic carbocycles. The summed E-state index contributed by atoms with van der Waals surface area (Å²) in [5.41, 5.74) is 1.33. The highest BCUT2D eigenvalue weighted by Crippen LogP contribution is 2.34. The minimum absolute atomic E-state index is 0.0647. The van der Waals surface area contributed by atoms with Crippen LogP contribution in [0.4, 0.5) is 0 Å². The van der Waals surface area contributed by atoms with Crippen LogP contribution in [0.3, 0.4) is 0 Å². The molecule has 0 saturated carbocycles. The van der Waals surface area contributed by atoms with Crippen molar-refractivity contribution < 1.29 is 4.74 Å². The van der Waals surface area contributed by atoms with Crippen LogP contribution in [-0.2, 0) is 24.1 Å². The van der Waals surface area contributed by atoms with E-state index in [9.17, 15) is 4.79 Å². The number of piperidine rings is 1. The number of morpholine rings is 1. The van der Waals surface area contributed by atoms with Crippen LogP contribution in [0.25, 0.3) is 10.2 Å². The molecule has 29 heavy (non-hydrogen) atoms. The number of aromatic nitrogens is 2. The topological polar surface area (TPSA) is 61.5 Å². The quantitative estimate of drug-likeness (QED) is 0.831. The molecule has 158 valence electrons. The van der Waals surface area contributed by atoms with Gasteiger partial charge in [0.15, 0.2) is 0 Å². The van der Waals surface area contributed by atoms with Crippen LogP contribution in [0.15, 0.2) is 4.79 Å². The summed E-state index contributed by atoms with van der Waals surface area (Å²) in [5, 5.41) is 0.860. The maximum absolute atomic E-state index is 12.7. The van der Waals surface area contributed by atoms with E-state index in [2.05, 4.69) is 28.6 Å². The van der Waals surface area contributed by atoms with Crippen molar-refractivity contribution in [1.29, 1.82) is 0 Å². The first-order chi connectivity index (χ1) is 14.0. The zero-order valence-corrected chi connectivity index (χ0v) is 18.4. The average molecular weight is 417 g/mol. The minimum Gasteiger partial charge on any atom is -0.373 e. The standard InChI is InChI=1S/C22H32N4O2S/c1-14-10-26(11-15(2)28-14)12-16-6-8-25(9-7-16)13-19-23-21(27)20-17-4-3-5-18(17)29-22(20)24-19/h14-16H,3-13H2,1-2H3,(H,23,24,27). The largest absolute Gasteiger partial charge is 0.373 e. The van der Waals surface area contributed by atoms with E-state index < -0.39 is 0 Å². The molecule has 5 rings (SSSR count). The van der Waals surface area contributed by atoms with Gasteiger partial charge in [0.05, 0.1) is 24.1 Å². The van der Waals surface area contributed by atoms with Crippen molar-refractivity contribution in [2.45, 2.75) is 64.7 Å². The number of aromatic amines is 1. The first-order valence-corrected chi connectivity index (χ1v) is 12.0. The number of likely N-dealkylation sites (tertiary alicyclic amines) is 1. The Kier molecular flexibility index (Phi) is 5.49. The van der Waals surface area contributed by atoms with Crippen LogP contribution in [0.5, 0.6) is 0 Å². The Morgan fingerprint density at radius 2 is 1.90 bits per heavy atom. The van der Waals surface area contributed by atoms with Crippen LogP contribution in [-0.4, -0.2) is 64.7 Å². The third-order valence-electron chi connectivity index (χ3n) is 6.72. The Hall–Kier alpha value is -1.28. The van der Waals surface area contributed by atoms with Gasteiger partial charge < -0.3 is 9.72 Å². The number of hydrogen-bond acceptors (Lipinski definition) is 6. The Labute approximate surface area is 176 Å². The SMILES string of the molecule is CC1CN(CC2CCN(Cc3nc4sc5c(c4c(=O)[nH]3)CCC5)CC2)CC(C)O1. The van der Waals surface area contributed by atoms with Crippen molar-refractivity contribution in [2.75, 3.05) is 32.7 Å². The van der Waals surface area contributed by atoms with Gasteiger partial charge in [-0.15, -0.1) is 11.3 Å². The summed E-state index contributed by atoms with van der Waals surface area (Å²) in [7, 11) is 0. The summed E-state index contributed by atoms with van der Waals surface area (Å²) >= 11 is 1.73. The normalized spacial score (nSPS) is 27.0. The van der Waals surface area contributed by atoms with E-state index >= 15 is 0 Å². The molecule has 7 heteroatoms. The molecule has 2 aliphatic heterocycles. The molecular formula is C22H32N4O2S. The van der Waals surface area contributed by atoms with Gasteiger partial charge in [0.25, 0.3) is 5.56 Å². The van der Waals surface area contributed by atoms with Gasteiger partial charge >= 0.3 is 0 Å². The van der Waals surface area contributed by atoms with E-state index in [1.54, 1.807) is 11.3 Å². The smallest absolute Gasteiger partial charge is 0.259 e. The number of fused-ring (bicyclic) bond motifs is 3. The summed E-state index contributed by atoms with van der Waals surface area (Å²) in [6, 6.07) is 0. The van der Waals surface area contributed by atoms with Crippen LogP contribution < -0.4 is 5.56 Å². The molecule has 2 atom stereocenters. The number of H-pyrrole nitrogens is 1. The molecule has 1 aliphatic carbocycles. The number of nitrogens with one attached hydrogen (secondary N) is 1. The second-order valence-corrected chi connectivity index (χ2v) is 10.3. The predicted molar refractivity (Wildman–Crippen MR) is 117 cm³/mol. The van der Waals surface area contributed by atoms with Gasteiger partial charge in [-0.1, -0.05) is 0 Å². The summed E-state index contributed by atoms with van der Waals surface area (Å²) in [6.07, 6.45) is 6.45. The lowest BCUT2D eigenvalue weighted by Crippen LogP contribution is -2.48. The first kappa shape index (κ1) is 19.7. The van der Waals surface area contributed by atoms with E-state index in [-0.39, 0.29) is 5.56 Å². The molecule has 2 unspecified atom stereocenters. The number of nitrogens with zero attached hydrogens (tertiary/aromatic N) is 3. The molecule has 4 heterocycles. The average Bonchev–Trinajstić information content (AvgIpc) is 3.23. The van der Waals surface area contributed by atoms with Crippen molar-refractivity contribution >= 4 is 21.6 Å². The van der Waals surface area contributed by atoms with Crippen molar-refractivity contribution in [2.24, 2.45) is 5.92 Å². The maximum Gasteiger partial charge on any atom is 0.259 e. The highest BCUT2D eigenvalue weighted by atomic mass is 32.1.